The predicted molar refractivity (Wildman–Crippen MR) is 90.5 cm³/mol. The number of allylic oxidation sites excluding steroid dienone is 2. The molecule has 0 radical (unpaired) electrons. The molecule has 0 amide bonds. The monoisotopic (exact) mass is 358 g/mol. The van der Waals surface area contributed by atoms with Crippen LogP contribution in [0.3, 0.4) is 0 Å². The highest BCUT2D eigenvalue weighted by atomic mass is 19.2. The Labute approximate surface area is 147 Å². The molecule has 0 N–H and O–H groups in total. The van der Waals surface area contributed by atoms with Gasteiger partial charge in [0, 0.05) is 5.92 Å². The number of halogens is 4. The van der Waals surface area contributed by atoms with Crippen LogP contribution in [0.2, 0.25) is 0 Å². The highest BCUT2D eigenvalue weighted by molar-refractivity contribution is 5.17. The quantitative estimate of drug-likeness (QED) is 0.392. The molecule has 0 spiro atoms. The number of ether oxygens (including phenoxy) is 1. The first-order valence-corrected chi connectivity index (χ1v) is 8.92. The average molecular weight is 358 g/mol. The number of hydrogen-bond acceptors (Lipinski definition) is 1. The van der Waals surface area contributed by atoms with E-state index >= 15 is 0 Å². The minimum absolute atomic E-state index is 0.279. The zero-order chi connectivity index (χ0) is 18.3. The van der Waals surface area contributed by atoms with E-state index < -0.39 is 30.1 Å². The van der Waals surface area contributed by atoms with Gasteiger partial charge in [-0.05, 0) is 69.1 Å². The second-order valence-electron chi connectivity index (χ2n) is 6.82. The number of alkyl halides is 2. The molecule has 0 bridgehead atoms. The van der Waals surface area contributed by atoms with Crippen molar-refractivity contribution in [1.29, 1.82) is 0 Å². The Balaban J connectivity index is 1.88. The Hall–Kier alpha value is -1.36. The second-order valence-corrected chi connectivity index (χ2v) is 6.82. The lowest BCUT2D eigenvalue weighted by molar-refractivity contribution is -0.207. The van der Waals surface area contributed by atoms with Crippen LogP contribution in [-0.4, -0.2) is 12.5 Å². The van der Waals surface area contributed by atoms with Gasteiger partial charge in [0.2, 0.25) is 5.85 Å². The predicted octanol–water partition coefficient (Wildman–Crippen LogP) is 6.28. The van der Waals surface area contributed by atoms with E-state index in [4.69, 9.17) is 4.74 Å². The number of hydrogen-bond donors (Lipinski definition) is 0. The molecule has 1 nitrogen and oxygen atoms in total. The molecule has 0 aromatic heterocycles. The summed E-state index contributed by atoms with van der Waals surface area (Å²) in [5.41, 5.74) is 0.286. The lowest BCUT2D eigenvalue weighted by Gasteiger charge is -2.36. The van der Waals surface area contributed by atoms with Crippen molar-refractivity contribution in [3.8, 4) is 0 Å². The van der Waals surface area contributed by atoms with Crippen LogP contribution >= 0.6 is 0 Å². The van der Waals surface area contributed by atoms with Crippen molar-refractivity contribution in [1.82, 2.24) is 0 Å². The Morgan fingerprint density at radius 3 is 2.48 bits per heavy atom. The zero-order valence-corrected chi connectivity index (χ0v) is 14.6. The van der Waals surface area contributed by atoms with Crippen molar-refractivity contribution < 1.29 is 22.3 Å². The van der Waals surface area contributed by atoms with E-state index in [1.54, 1.807) is 0 Å². The van der Waals surface area contributed by atoms with Crippen LogP contribution in [0.1, 0.15) is 51.0 Å². The Bertz CT molecular complexity index is 567. The largest absolute Gasteiger partial charge is 0.339 e. The molecule has 0 aliphatic heterocycles. The van der Waals surface area contributed by atoms with E-state index in [1.807, 2.05) is 13.0 Å². The molecular formula is C20H26F4O. The second kappa shape index (κ2) is 9.37. The van der Waals surface area contributed by atoms with Gasteiger partial charge in [0.25, 0.3) is 0 Å². The minimum Gasteiger partial charge on any atom is -0.339 e. The lowest BCUT2D eigenvalue weighted by Crippen LogP contribution is -2.40. The zero-order valence-electron chi connectivity index (χ0n) is 14.6. The summed E-state index contributed by atoms with van der Waals surface area (Å²) in [6.45, 7) is 0.476. The average Bonchev–Trinajstić information content (AvgIpc) is 2.63. The lowest BCUT2D eigenvalue weighted by atomic mass is 9.77. The minimum atomic E-state index is -2.36. The highest BCUT2D eigenvalue weighted by Crippen LogP contribution is 2.40. The summed E-state index contributed by atoms with van der Waals surface area (Å²) in [4.78, 5) is 0. The molecule has 5 heteroatoms. The third kappa shape index (κ3) is 5.56. The van der Waals surface area contributed by atoms with Crippen LogP contribution in [0, 0.1) is 23.5 Å². The highest BCUT2D eigenvalue weighted by Gasteiger charge is 2.42. The summed E-state index contributed by atoms with van der Waals surface area (Å²) in [6.07, 6.45) is 9.12. The Morgan fingerprint density at radius 1 is 1.16 bits per heavy atom. The summed E-state index contributed by atoms with van der Waals surface area (Å²) in [5, 5.41) is 0. The molecule has 1 aromatic carbocycles. The molecule has 0 heterocycles. The maximum atomic E-state index is 14.9. The smallest absolute Gasteiger partial charge is 0.240 e. The molecule has 1 aliphatic rings. The number of benzene rings is 1. The molecule has 1 aliphatic carbocycles. The SMILES string of the molecule is C/C=C/CCC1CCC(C(F)(CF)OCc2ccc(F)c(F)c2)CC1. The Morgan fingerprint density at radius 2 is 1.88 bits per heavy atom. The van der Waals surface area contributed by atoms with Crippen molar-refractivity contribution in [2.45, 2.75) is 57.9 Å². The molecular weight excluding hydrogens is 332 g/mol. The molecule has 1 unspecified atom stereocenters. The van der Waals surface area contributed by atoms with Gasteiger partial charge in [-0.1, -0.05) is 18.2 Å². The van der Waals surface area contributed by atoms with Crippen molar-refractivity contribution in [2.24, 2.45) is 11.8 Å². The van der Waals surface area contributed by atoms with Gasteiger partial charge >= 0.3 is 0 Å². The maximum absolute atomic E-state index is 14.9. The molecule has 0 saturated heterocycles. The summed E-state index contributed by atoms with van der Waals surface area (Å²) in [6, 6.07) is 3.22. The van der Waals surface area contributed by atoms with Crippen LogP contribution < -0.4 is 0 Å². The standard InChI is InChI=1S/C20H26F4O/c1-2-3-4-5-15-6-9-17(10-7-15)20(24,14-21)25-13-16-8-11-18(22)19(23)12-16/h2-3,8,11-12,15,17H,4-7,9-10,13-14H2,1H3/b3-2+. The molecule has 25 heavy (non-hydrogen) atoms. The first-order valence-electron chi connectivity index (χ1n) is 8.92. The summed E-state index contributed by atoms with van der Waals surface area (Å²) in [7, 11) is 0. The van der Waals surface area contributed by atoms with Crippen molar-refractivity contribution >= 4 is 0 Å². The summed E-state index contributed by atoms with van der Waals surface area (Å²) in [5.74, 6) is -4.31. The molecule has 1 fully saturated rings. The molecule has 1 saturated carbocycles. The number of rotatable bonds is 8. The van der Waals surface area contributed by atoms with Crippen LogP contribution in [0.5, 0.6) is 0 Å². The third-order valence-corrected chi connectivity index (χ3v) is 5.08. The van der Waals surface area contributed by atoms with Gasteiger partial charge in [0.1, 0.15) is 6.67 Å². The molecule has 1 aromatic rings. The molecule has 140 valence electrons. The first-order chi connectivity index (χ1) is 12.0. The van der Waals surface area contributed by atoms with Gasteiger partial charge < -0.3 is 4.74 Å². The van der Waals surface area contributed by atoms with Crippen molar-refractivity contribution in [3.63, 3.8) is 0 Å². The van der Waals surface area contributed by atoms with E-state index in [0.717, 1.165) is 37.8 Å². The van der Waals surface area contributed by atoms with Crippen LogP contribution in [0.4, 0.5) is 17.6 Å². The fourth-order valence-corrected chi connectivity index (χ4v) is 3.48. The molecule has 1 atom stereocenters. The van der Waals surface area contributed by atoms with Crippen LogP contribution in [0.15, 0.2) is 30.4 Å². The van der Waals surface area contributed by atoms with Gasteiger partial charge in [-0.25, -0.2) is 17.6 Å². The fraction of sp³-hybridized carbons (Fsp3) is 0.600. The van der Waals surface area contributed by atoms with Gasteiger partial charge in [-0.2, -0.15) is 0 Å². The first kappa shape index (κ1) is 20.0. The van der Waals surface area contributed by atoms with Gasteiger partial charge in [0.15, 0.2) is 11.6 Å². The van der Waals surface area contributed by atoms with E-state index in [1.165, 1.54) is 6.07 Å². The summed E-state index contributed by atoms with van der Waals surface area (Å²) >= 11 is 0. The van der Waals surface area contributed by atoms with Crippen LogP contribution in [-0.2, 0) is 11.3 Å². The van der Waals surface area contributed by atoms with E-state index in [2.05, 4.69) is 6.08 Å². The van der Waals surface area contributed by atoms with Gasteiger partial charge in [0.05, 0.1) is 6.61 Å². The maximum Gasteiger partial charge on any atom is 0.240 e. The summed E-state index contributed by atoms with van der Waals surface area (Å²) < 4.78 is 59.6. The topological polar surface area (TPSA) is 9.23 Å². The Kier molecular flexibility index (Phi) is 7.48. The van der Waals surface area contributed by atoms with Crippen molar-refractivity contribution in [2.75, 3.05) is 6.67 Å². The normalized spacial score (nSPS) is 23.7. The van der Waals surface area contributed by atoms with E-state index in [-0.39, 0.29) is 12.2 Å². The molecule has 2 rings (SSSR count). The van der Waals surface area contributed by atoms with E-state index in [9.17, 15) is 17.6 Å². The third-order valence-electron chi connectivity index (χ3n) is 5.08. The fourth-order valence-electron chi connectivity index (χ4n) is 3.48. The van der Waals surface area contributed by atoms with Crippen LogP contribution in [0.25, 0.3) is 0 Å². The van der Waals surface area contributed by atoms with Gasteiger partial charge in [-0.15, -0.1) is 0 Å². The van der Waals surface area contributed by atoms with Gasteiger partial charge in [-0.3, -0.25) is 0 Å². The van der Waals surface area contributed by atoms with Crippen molar-refractivity contribution in [3.05, 3.63) is 47.5 Å². The van der Waals surface area contributed by atoms with E-state index in [0.29, 0.717) is 18.8 Å².